The van der Waals surface area contributed by atoms with Gasteiger partial charge in [-0.1, -0.05) is 18.5 Å². The molecule has 1 N–H and O–H groups in total. The molecule has 1 aliphatic rings. The van der Waals surface area contributed by atoms with Gasteiger partial charge in [-0.25, -0.2) is 4.39 Å². The van der Waals surface area contributed by atoms with Gasteiger partial charge in [0.15, 0.2) is 0 Å². The molecule has 1 nitrogen and oxygen atoms in total. The van der Waals surface area contributed by atoms with Crippen molar-refractivity contribution in [2.45, 2.75) is 31.7 Å². The SMILES string of the molecule is CCC1(c2cc(F)ccc2Cl)CCCN1. The van der Waals surface area contributed by atoms with Gasteiger partial charge in [-0.15, -0.1) is 0 Å². The van der Waals surface area contributed by atoms with E-state index in [1.807, 2.05) is 0 Å². The predicted octanol–water partition coefficient (Wildman–Crippen LogP) is 3.47. The van der Waals surface area contributed by atoms with Crippen LogP contribution in [0.1, 0.15) is 31.7 Å². The Morgan fingerprint density at radius 2 is 2.33 bits per heavy atom. The molecule has 1 aromatic rings. The molecule has 1 heterocycles. The molecule has 0 aliphatic carbocycles. The highest BCUT2D eigenvalue weighted by atomic mass is 35.5. The summed E-state index contributed by atoms with van der Waals surface area (Å²) in [4.78, 5) is 0. The van der Waals surface area contributed by atoms with Crippen LogP contribution in [-0.2, 0) is 5.54 Å². The molecule has 0 radical (unpaired) electrons. The lowest BCUT2D eigenvalue weighted by Crippen LogP contribution is -2.36. The quantitative estimate of drug-likeness (QED) is 0.816. The van der Waals surface area contributed by atoms with E-state index in [0.29, 0.717) is 5.02 Å². The van der Waals surface area contributed by atoms with Crippen molar-refractivity contribution in [3.8, 4) is 0 Å². The molecule has 15 heavy (non-hydrogen) atoms. The molecule has 1 saturated heterocycles. The van der Waals surface area contributed by atoms with Crippen LogP contribution in [0.4, 0.5) is 4.39 Å². The van der Waals surface area contributed by atoms with Crippen molar-refractivity contribution in [2.24, 2.45) is 0 Å². The Morgan fingerprint density at radius 3 is 2.93 bits per heavy atom. The van der Waals surface area contributed by atoms with Crippen LogP contribution in [0.2, 0.25) is 5.02 Å². The van der Waals surface area contributed by atoms with Crippen LogP contribution in [-0.4, -0.2) is 6.54 Å². The lowest BCUT2D eigenvalue weighted by molar-refractivity contribution is 0.374. The second-order valence-electron chi connectivity index (χ2n) is 4.09. The molecule has 1 aliphatic heterocycles. The Bertz CT molecular complexity index is 359. The Hall–Kier alpha value is -0.600. The van der Waals surface area contributed by atoms with Crippen LogP contribution in [0, 0.1) is 5.82 Å². The van der Waals surface area contributed by atoms with Crippen molar-refractivity contribution >= 4 is 11.6 Å². The summed E-state index contributed by atoms with van der Waals surface area (Å²) in [7, 11) is 0. The highest BCUT2D eigenvalue weighted by Gasteiger charge is 2.35. The molecule has 1 fully saturated rings. The van der Waals surface area contributed by atoms with Crippen molar-refractivity contribution in [3.63, 3.8) is 0 Å². The fraction of sp³-hybridized carbons (Fsp3) is 0.500. The zero-order valence-electron chi connectivity index (χ0n) is 8.82. The van der Waals surface area contributed by atoms with E-state index in [9.17, 15) is 4.39 Å². The number of hydrogen-bond acceptors (Lipinski definition) is 1. The molecule has 1 unspecified atom stereocenters. The van der Waals surface area contributed by atoms with Crippen molar-refractivity contribution in [1.29, 1.82) is 0 Å². The minimum atomic E-state index is -0.212. The average Bonchev–Trinajstić information content (AvgIpc) is 2.71. The van der Waals surface area contributed by atoms with E-state index in [1.165, 1.54) is 6.07 Å². The molecule has 0 aromatic heterocycles. The van der Waals surface area contributed by atoms with Gasteiger partial charge in [0.25, 0.3) is 0 Å². The molecule has 0 spiro atoms. The average molecular weight is 228 g/mol. The molecule has 0 amide bonds. The van der Waals surface area contributed by atoms with Gasteiger partial charge in [-0.3, -0.25) is 0 Å². The lowest BCUT2D eigenvalue weighted by atomic mass is 9.86. The Balaban J connectivity index is 2.46. The molecule has 1 atom stereocenters. The van der Waals surface area contributed by atoms with E-state index < -0.39 is 0 Å². The minimum Gasteiger partial charge on any atom is -0.307 e. The fourth-order valence-corrected chi connectivity index (χ4v) is 2.69. The molecule has 1 aromatic carbocycles. The van der Waals surface area contributed by atoms with Crippen molar-refractivity contribution in [2.75, 3.05) is 6.54 Å². The summed E-state index contributed by atoms with van der Waals surface area (Å²) < 4.78 is 13.2. The number of benzene rings is 1. The maximum Gasteiger partial charge on any atom is 0.123 e. The largest absolute Gasteiger partial charge is 0.307 e. The number of halogens is 2. The van der Waals surface area contributed by atoms with Gasteiger partial charge in [0.1, 0.15) is 5.82 Å². The monoisotopic (exact) mass is 227 g/mol. The predicted molar refractivity (Wildman–Crippen MR) is 60.6 cm³/mol. The highest BCUT2D eigenvalue weighted by molar-refractivity contribution is 6.31. The molecule has 3 heteroatoms. The Kier molecular flexibility index (Phi) is 2.98. The van der Waals surface area contributed by atoms with Gasteiger partial charge in [0, 0.05) is 10.6 Å². The van der Waals surface area contributed by atoms with Crippen LogP contribution in [0.5, 0.6) is 0 Å². The first-order chi connectivity index (χ1) is 7.18. The van der Waals surface area contributed by atoms with E-state index in [0.717, 1.165) is 31.4 Å². The van der Waals surface area contributed by atoms with Gasteiger partial charge in [0.05, 0.1) is 0 Å². The number of hydrogen-bond donors (Lipinski definition) is 1. The normalized spacial score (nSPS) is 25.8. The number of rotatable bonds is 2. The minimum absolute atomic E-state index is 0.112. The maximum absolute atomic E-state index is 13.2. The van der Waals surface area contributed by atoms with Crippen molar-refractivity contribution < 1.29 is 4.39 Å². The van der Waals surface area contributed by atoms with E-state index >= 15 is 0 Å². The zero-order chi connectivity index (χ0) is 10.9. The van der Waals surface area contributed by atoms with Gasteiger partial charge in [-0.05, 0) is 49.6 Å². The summed E-state index contributed by atoms with van der Waals surface area (Å²) in [5.74, 6) is -0.212. The molecule has 82 valence electrons. The molecule has 0 saturated carbocycles. The van der Waals surface area contributed by atoms with E-state index in [2.05, 4.69) is 12.2 Å². The van der Waals surface area contributed by atoms with Gasteiger partial charge >= 0.3 is 0 Å². The first-order valence-corrected chi connectivity index (χ1v) is 5.76. The summed E-state index contributed by atoms with van der Waals surface area (Å²) >= 11 is 6.14. The topological polar surface area (TPSA) is 12.0 Å². The van der Waals surface area contributed by atoms with Gasteiger partial charge < -0.3 is 5.32 Å². The van der Waals surface area contributed by atoms with Crippen LogP contribution in [0.3, 0.4) is 0 Å². The van der Waals surface area contributed by atoms with Gasteiger partial charge in [0.2, 0.25) is 0 Å². The molecular weight excluding hydrogens is 213 g/mol. The standard InChI is InChI=1S/C12H15ClFN/c1-2-12(6-3-7-15-12)10-8-9(14)4-5-11(10)13/h4-5,8,15H,2-3,6-7H2,1H3. The highest BCUT2D eigenvalue weighted by Crippen LogP contribution is 2.38. The molecular formula is C12H15ClFN. The molecule has 2 rings (SSSR count). The summed E-state index contributed by atoms with van der Waals surface area (Å²) in [5.41, 5.74) is 0.795. The first kappa shape index (κ1) is 10.9. The summed E-state index contributed by atoms with van der Waals surface area (Å²) in [6.45, 7) is 3.10. The smallest absolute Gasteiger partial charge is 0.123 e. The Labute approximate surface area is 94.6 Å². The van der Waals surface area contributed by atoms with E-state index in [4.69, 9.17) is 11.6 Å². The molecule has 0 bridgehead atoms. The van der Waals surface area contributed by atoms with Crippen molar-refractivity contribution in [1.82, 2.24) is 5.32 Å². The van der Waals surface area contributed by atoms with Crippen LogP contribution in [0.25, 0.3) is 0 Å². The second kappa shape index (κ2) is 4.11. The maximum atomic E-state index is 13.2. The lowest BCUT2D eigenvalue weighted by Gasteiger charge is -2.29. The van der Waals surface area contributed by atoms with Crippen molar-refractivity contribution in [3.05, 3.63) is 34.6 Å². The summed E-state index contributed by atoms with van der Waals surface area (Å²) in [5, 5.41) is 4.11. The third-order valence-electron chi connectivity index (χ3n) is 3.29. The van der Waals surface area contributed by atoms with E-state index in [1.54, 1.807) is 12.1 Å². The number of nitrogens with one attached hydrogen (secondary N) is 1. The third-order valence-corrected chi connectivity index (χ3v) is 3.62. The van der Waals surface area contributed by atoms with E-state index in [-0.39, 0.29) is 11.4 Å². The summed E-state index contributed by atoms with van der Waals surface area (Å²) in [6.07, 6.45) is 3.10. The first-order valence-electron chi connectivity index (χ1n) is 5.38. The third kappa shape index (κ3) is 1.88. The van der Waals surface area contributed by atoms with Gasteiger partial charge in [-0.2, -0.15) is 0 Å². The second-order valence-corrected chi connectivity index (χ2v) is 4.50. The van der Waals surface area contributed by atoms with Crippen LogP contribution in [0.15, 0.2) is 18.2 Å². The fourth-order valence-electron chi connectivity index (χ4n) is 2.39. The zero-order valence-corrected chi connectivity index (χ0v) is 9.57. The van der Waals surface area contributed by atoms with Crippen LogP contribution < -0.4 is 5.32 Å². The Morgan fingerprint density at radius 1 is 1.53 bits per heavy atom. The summed E-state index contributed by atoms with van der Waals surface area (Å²) in [6, 6.07) is 4.61. The van der Waals surface area contributed by atoms with Crippen LogP contribution >= 0.6 is 11.6 Å².